The molecule has 1 aliphatic rings. The molecule has 0 saturated carbocycles. The van der Waals surface area contributed by atoms with E-state index in [1.807, 2.05) is 6.07 Å². The Hall–Kier alpha value is -0.530. The monoisotopic (exact) mass is 252 g/mol. The molecule has 0 aliphatic carbocycles. The van der Waals surface area contributed by atoms with E-state index >= 15 is 0 Å². The maximum atomic E-state index is 6.36. The fourth-order valence-electron chi connectivity index (χ4n) is 2.52. The number of rotatable bonds is 3. The van der Waals surface area contributed by atoms with Crippen molar-refractivity contribution in [1.82, 2.24) is 0 Å². The highest BCUT2D eigenvalue weighted by atomic mass is 35.5. The van der Waals surface area contributed by atoms with E-state index in [0.717, 1.165) is 19.3 Å². The van der Waals surface area contributed by atoms with E-state index in [1.165, 1.54) is 5.56 Å². The van der Waals surface area contributed by atoms with E-state index in [0.29, 0.717) is 12.0 Å². The Morgan fingerprint density at radius 3 is 2.59 bits per heavy atom. The van der Waals surface area contributed by atoms with Gasteiger partial charge in [-0.25, -0.2) is 0 Å². The van der Waals surface area contributed by atoms with E-state index in [2.05, 4.69) is 38.1 Å². The van der Waals surface area contributed by atoms with Crippen LogP contribution in [0.5, 0.6) is 0 Å². The lowest BCUT2D eigenvalue weighted by molar-refractivity contribution is -0.0580. The molecule has 1 aromatic rings. The minimum atomic E-state index is 0.177. The third-order valence-electron chi connectivity index (χ3n) is 3.25. The Morgan fingerprint density at radius 2 is 1.94 bits per heavy atom. The summed E-state index contributed by atoms with van der Waals surface area (Å²) in [6.07, 6.45) is 3.52. The van der Waals surface area contributed by atoms with Gasteiger partial charge in [0.2, 0.25) is 0 Å². The molecule has 1 fully saturated rings. The highest BCUT2D eigenvalue weighted by molar-refractivity contribution is 6.20. The van der Waals surface area contributed by atoms with Gasteiger partial charge < -0.3 is 4.74 Å². The molecule has 1 saturated heterocycles. The fraction of sp³-hybridized carbons (Fsp3) is 0.600. The van der Waals surface area contributed by atoms with E-state index < -0.39 is 0 Å². The van der Waals surface area contributed by atoms with Crippen LogP contribution in [0, 0.1) is 5.92 Å². The van der Waals surface area contributed by atoms with Gasteiger partial charge in [-0.15, -0.1) is 11.6 Å². The average Bonchev–Trinajstić information content (AvgIpc) is 2.28. The topological polar surface area (TPSA) is 9.23 Å². The van der Waals surface area contributed by atoms with Gasteiger partial charge in [0, 0.05) is 5.38 Å². The highest BCUT2D eigenvalue weighted by Gasteiger charge is 2.29. The molecule has 1 nitrogen and oxygen atoms in total. The van der Waals surface area contributed by atoms with Crippen LogP contribution < -0.4 is 0 Å². The molecule has 0 N–H and O–H groups in total. The maximum Gasteiger partial charge on any atom is 0.0842 e. The van der Waals surface area contributed by atoms with Gasteiger partial charge in [0.25, 0.3) is 0 Å². The Labute approximate surface area is 109 Å². The molecule has 0 unspecified atom stereocenters. The van der Waals surface area contributed by atoms with Crippen LogP contribution in [-0.2, 0) is 4.74 Å². The van der Waals surface area contributed by atoms with Crippen LogP contribution in [0.3, 0.4) is 0 Å². The van der Waals surface area contributed by atoms with Crippen LogP contribution in [0.2, 0.25) is 0 Å². The van der Waals surface area contributed by atoms with Crippen LogP contribution in [0.25, 0.3) is 0 Å². The summed E-state index contributed by atoms with van der Waals surface area (Å²) in [6.45, 7) is 4.47. The van der Waals surface area contributed by atoms with Crippen LogP contribution >= 0.6 is 11.6 Å². The van der Waals surface area contributed by atoms with Gasteiger partial charge in [-0.1, -0.05) is 44.2 Å². The molecule has 2 rings (SSSR count). The first-order chi connectivity index (χ1) is 8.15. The number of hydrogen-bond donors (Lipinski definition) is 0. The summed E-state index contributed by atoms with van der Waals surface area (Å²) in [5.41, 5.74) is 1.26. The minimum absolute atomic E-state index is 0.177. The van der Waals surface area contributed by atoms with Crippen molar-refractivity contribution >= 4 is 11.6 Å². The predicted molar refractivity (Wildman–Crippen MR) is 72.4 cm³/mol. The molecule has 0 radical (unpaired) electrons. The molecule has 1 heterocycles. The smallest absolute Gasteiger partial charge is 0.0842 e. The molecule has 2 heteroatoms. The summed E-state index contributed by atoms with van der Waals surface area (Å²) in [6, 6.07) is 10.4. The Morgan fingerprint density at radius 1 is 1.24 bits per heavy atom. The molecule has 3 atom stereocenters. The van der Waals surface area contributed by atoms with Crippen molar-refractivity contribution in [3.05, 3.63) is 35.9 Å². The molecule has 1 aliphatic heterocycles. The summed E-state index contributed by atoms with van der Waals surface area (Å²) in [7, 11) is 0. The summed E-state index contributed by atoms with van der Waals surface area (Å²) >= 11 is 6.36. The average molecular weight is 253 g/mol. The van der Waals surface area contributed by atoms with E-state index in [-0.39, 0.29) is 11.5 Å². The van der Waals surface area contributed by atoms with E-state index in [9.17, 15) is 0 Å². The van der Waals surface area contributed by atoms with Crippen LogP contribution in [0.4, 0.5) is 0 Å². The van der Waals surface area contributed by atoms with Crippen molar-refractivity contribution in [3.63, 3.8) is 0 Å². The standard InChI is InChI=1S/C15H21ClO/c1-11(2)8-14-9-13(16)10-15(17-14)12-6-4-3-5-7-12/h3-7,11,13-15H,8-10H2,1-2H3/t13-,14+,15+/m0/s1. The summed E-state index contributed by atoms with van der Waals surface area (Å²) in [5.74, 6) is 0.665. The third kappa shape index (κ3) is 3.72. The van der Waals surface area contributed by atoms with Gasteiger partial charge in [-0.2, -0.15) is 0 Å². The largest absolute Gasteiger partial charge is 0.370 e. The van der Waals surface area contributed by atoms with E-state index in [1.54, 1.807) is 0 Å². The Bertz CT molecular complexity index is 334. The molecular formula is C15H21ClO. The number of benzene rings is 1. The van der Waals surface area contributed by atoms with E-state index in [4.69, 9.17) is 16.3 Å². The molecule has 0 bridgehead atoms. The van der Waals surface area contributed by atoms with Crippen molar-refractivity contribution in [2.24, 2.45) is 5.92 Å². The molecule has 94 valence electrons. The summed E-state index contributed by atoms with van der Waals surface area (Å²) in [4.78, 5) is 0. The van der Waals surface area contributed by atoms with Crippen molar-refractivity contribution in [2.45, 2.75) is 50.7 Å². The van der Waals surface area contributed by atoms with Gasteiger partial charge >= 0.3 is 0 Å². The fourth-order valence-corrected chi connectivity index (χ4v) is 2.88. The second kappa shape index (κ2) is 5.88. The van der Waals surface area contributed by atoms with Crippen LogP contribution in [0.1, 0.15) is 44.8 Å². The zero-order chi connectivity index (χ0) is 12.3. The van der Waals surface area contributed by atoms with Crippen molar-refractivity contribution < 1.29 is 4.74 Å². The number of alkyl halides is 1. The lowest BCUT2D eigenvalue weighted by atomic mass is 9.94. The first kappa shape index (κ1) is 12.9. The first-order valence-corrected chi connectivity index (χ1v) is 6.93. The summed E-state index contributed by atoms with van der Waals surface area (Å²) < 4.78 is 6.17. The molecular weight excluding hydrogens is 232 g/mol. The van der Waals surface area contributed by atoms with Gasteiger partial charge in [-0.05, 0) is 30.7 Å². The second-order valence-corrected chi connectivity index (χ2v) is 5.97. The van der Waals surface area contributed by atoms with Crippen LogP contribution in [-0.4, -0.2) is 11.5 Å². The SMILES string of the molecule is CC(C)C[C@@H]1C[C@H](Cl)C[C@H](c2ccccc2)O1. The van der Waals surface area contributed by atoms with Crippen molar-refractivity contribution in [1.29, 1.82) is 0 Å². The van der Waals surface area contributed by atoms with Gasteiger partial charge in [0.1, 0.15) is 0 Å². The number of hydrogen-bond acceptors (Lipinski definition) is 1. The quantitative estimate of drug-likeness (QED) is 0.717. The number of ether oxygens (including phenoxy) is 1. The molecule has 0 spiro atoms. The highest BCUT2D eigenvalue weighted by Crippen LogP contribution is 2.35. The lowest BCUT2D eigenvalue weighted by Gasteiger charge is -2.34. The second-order valence-electron chi connectivity index (χ2n) is 5.36. The first-order valence-electron chi connectivity index (χ1n) is 6.49. The maximum absolute atomic E-state index is 6.36. The third-order valence-corrected chi connectivity index (χ3v) is 3.61. The molecule has 17 heavy (non-hydrogen) atoms. The molecule has 0 aromatic heterocycles. The molecule has 0 amide bonds. The normalized spacial score (nSPS) is 29.5. The van der Waals surface area contributed by atoms with Crippen LogP contribution in [0.15, 0.2) is 30.3 Å². The lowest BCUT2D eigenvalue weighted by Crippen LogP contribution is -2.29. The van der Waals surface area contributed by atoms with Gasteiger partial charge in [-0.3, -0.25) is 0 Å². The predicted octanol–water partition coefficient (Wildman–Crippen LogP) is 4.56. The Balaban J connectivity index is 2.03. The zero-order valence-corrected chi connectivity index (χ0v) is 11.4. The zero-order valence-electron chi connectivity index (χ0n) is 10.6. The Kier molecular flexibility index (Phi) is 4.47. The van der Waals surface area contributed by atoms with Gasteiger partial charge in [0.15, 0.2) is 0 Å². The van der Waals surface area contributed by atoms with Gasteiger partial charge in [0.05, 0.1) is 12.2 Å². The molecule has 1 aromatic carbocycles. The van der Waals surface area contributed by atoms with Crippen molar-refractivity contribution in [3.8, 4) is 0 Å². The summed E-state index contributed by atoms with van der Waals surface area (Å²) in [5, 5.41) is 0.248. The van der Waals surface area contributed by atoms with Crippen molar-refractivity contribution in [2.75, 3.05) is 0 Å². The number of halogens is 1. The minimum Gasteiger partial charge on any atom is -0.370 e.